The van der Waals surface area contributed by atoms with Crippen molar-refractivity contribution in [2.24, 2.45) is 16.8 Å². The molecule has 6 heteroatoms. The number of nitrogens with zero attached hydrogens (tertiary/aromatic N) is 3. The molecule has 1 N–H and O–H groups in total. The maximum atomic E-state index is 11.8. The van der Waals surface area contributed by atoms with Crippen LogP contribution in [-0.4, -0.2) is 75.2 Å². The SMILES string of the molecule is CCOC(=O)C1CCN(C(=NC)NCC(C2CC2)N(C)C)CC1. The second kappa shape index (κ2) is 8.52. The largest absolute Gasteiger partial charge is 0.466 e. The van der Waals surface area contributed by atoms with Crippen molar-refractivity contribution < 1.29 is 9.53 Å². The third kappa shape index (κ3) is 5.09. The van der Waals surface area contributed by atoms with E-state index in [4.69, 9.17) is 4.74 Å². The van der Waals surface area contributed by atoms with Gasteiger partial charge in [-0.05, 0) is 52.6 Å². The Bertz CT molecular complexity index is 411. The van der Waals surface area contributed by atoms with Crippen LogP contribution < -0.4 is 5.32 Å². The molecule has 2 rings (SSSR count). The Kier molecular flexibility index (Phi) is 6.69. The van der Waals surface area contributed by atoms with Gasteiger partial charge in [-0.25, -0.2) is 0 Å². The van der Waals surface area contributed by atoms with Crippen molar-refractivity contribution in [1.29, 1.82) is 0 Å². The van der Waals surface area contributed by atoms with E-state index < -0.39 is 0 Å². The molecule has 1 unspecified atom stereocenters. The summed E-state index contributed by atoms with van der Waals surface area (Å²) in [5.41, 5.74) is 0. The van der Waals surface area contributed by atoms with Crippen LogP contribution >= 0.6 is 0 Å². The Labute approximate surface area is 140 Å². The molecule has 0 aromatic carbocycles. The lowest BCUT2D eigenvalue weighted by atomic mass is 9.97. The first-order valence-corrected chi connectivity index (χ1v) is 8.85. The molecular formula is C17H32N4O2. The van der Waals surface area contributed by atoms with Crippen LogP contribution in [0.15, 0.2) is 4.99 Å². The van der Waals surface area contributed by atoms with Gasteiger partial charge in [-0.2, -0.15) is 0 Å². The Hall–Kier alpha value is -1.30. The Morgan fingerprint density at radius 2 is 1.96 bits per heavy atom. The second-order valence-corrected chi connectivity index (χ2v) is 6.81. The molecule has 1 aliphatic heterocycles. The third-order valence-corrected chi connectivity index (χ3v) is 4.92. The predicted octanol–water partition coefficient (Wildman–Crippen LogP) is 1.18. The first-order valence-electron chi connectivity index (χ1n) is 8.85. The molecule has 0 amide bonds. The number of carbonyl (C=O) groups is 1. The van der Waals surface area contributed by atoms with Gasteiger partial charge < -0.3 is 19.9 Å². The van der Waals surface area contributed by atoms with Crippen LogP contribution in [0.1, 0.15) is 32.6 Å². The number of hydrogen-bond acceptors (Lipinski definition) is 4. The first-order chi connectivity index (χ1) is 11.1. The molecule has 1 saturated heterocycles. The number of hydrogen-bond donors (Lipinski definition) is 1. The van der Waals surface area contributed by atoms with Gasteiger partial charge in [-0.3, -0.25) is 9.79 Å². The molecule has 0 spiro atoms. The fourth-order valence-corrected chi connectivity index (χ4v) is 3.37. The molecule has 1 saturated carbocycles. The van der Waals surface area contributed by atoms with Gasteiger partial charge in [0, 0.05) is 32.7 Å². The number of likely N-dealkylation sites (N-methyl/N-ethyl adjacent to an activating group) is 1. The number of rotatable bonds is 6. The molecule has 0 radical (unpaired) electrons. The highest BCUT2D eigenvalue weighted by Crippen LogP contribution is 2.34. The van der Waals surface area contributed by atoms with Crippen molar-refractivity contribution in [3.8, 4) is 0 Å². The average Bonchev–Trinajstić information content (AvgIpc) is 3.36. The highest BCUT2D eigenvalue weighted by molar-refractivity contribution is 5.80. The maximum absolute atomic E-state index is 11.8. The van der Waals surface area contributed by atoms with Crippen LogP contribution in [-0.2, 0) is 9.53 Å². The molecule has 2 aliphatic rings. The molecular weight excluding hydrogens is 292 g/mol. The number of aliphatic imine (C=N–C) groups is 1. The van der Waals surface area contributed by atoms with E-state index in [0.29, 0.717) is 12.6 Å². The van der Waals surface area contributed by atoms with E-state index in [1.54, 1.807) is 0 Å². The van der Waals surface area contributed by atoms with E-state index >= 15 is 0 Å². The van der Waals surface area contributed by atoms with Crippen LogP contribution in [0, 0.1) is 11.8 Å². The van der Waals surface area contributed by atoms with Crippen molar-refractivity contribution in [3.63, 3.8) is 0 Å². The molecule has 0 aromatic rings. The van der Waals surface area contributed by atoms with Gasteiger partial charge in [-0.15, -0.1) is 0 Å². The summed E-state index contributed by atoms with van der Waals surface area (Å²) in [5.74, 6) is 1.78. The lowest BCUT2D eigenvalue weighted by molar-refractivity contribution is -0.149. The Morgan fingerprint density at radius 3 is 2.43 bits per heavy atom. The number of piperidine rings is 1. The van der Waals surface area contributed by atoms with Crippen LogP contribution in [0.5, 0.6) is 0 Å². The minimum absolute atomic E-state index is 0.0449. The van der Waals surface area contributed by atoms with E-state index in [1.165, 1.54) is 12.8 Å². The van der Waals surface area contributed by atoms with Gasteiger partial charge in [-0.1, -0.05) is 0 Å². The van der Waals surface area contributed by atoms with Gasteiger partial charge in [0.25, 0.3) is 0 Å². The lowest BCUT2D eigenvalue weighted by Gasteiger charge is -2.34. The van der Waals surface area contributed by atoms with Crippen molar-refractivity contribution in [1.82, 2.24) is 15.1 Å². The highest BCUT2D eigenvalue weighted by Gasteiger charge is 2.33. The smallest absolute Gasteiger partial charge is 0.309 e. The zero-order valence-electron chi connectivity index (χ0n) is 15.0. The molecule has 1 atom stereocenters. The number of esters is 1. The molecule has 23 heavy (non-hydrogen) atoms. The van der Waals surface area contributed by atoms with E-state index in [1.807, 2.05) is 14.0 Å². The van der Waals surface area contributed by atoms with Gasteiger partial charge in [0.05, 0.1) is 12.5 Å². The predicted molar refractivity (Wildman–Crippen MR) is 92.5 cm³/mol. The molecule has 2 fully saturated rings. The zero-order valence-corrected chi connectivity index (χ0v) is 15.0. The third-order valence-electron chi connectivity index (χ3n) is 4.92. The molecule has 1 aliphatic carbocycles. The summed E-state index contributed by atoms with van der Waals surface area (Å²) in [6.45, 7) is 4.98. The van der Waals surface area contributed by atoms with Gasteiger partial charge >= 0.3 is 5.97 Å². The Morgan fingerprint density at radius 1 is 1.30 bits per heavy atom. The quantitative estimate of drug-likeness (QED) is 0.452. The minimum atomic E-state index is -0.0449. The van der Waals surface area contributed by atoms with Crippen LogP contribution in [0.25, 0.3) is 0 Å². The van der Waals surface area contributed by atoms with Gasteiger partial charge in [0.15, 0.2) is 5.96 Å². The summed E-state index contributed by atoms with van der Waals surface area (Å²) in [6, 6.07) is 0.573. The summed E-state index contributed by atoms with van der Waals surface area (Å²) < 4.78 is 5.13. The average molecular weight is 324 g/mol. The van der Waals surface area contributed by atoms with Crippen molar-refractivity contribution >= 4 is 11.9 Å². The van der Waals surface area contributed by atoms with Crippen LogP contribution in [0.2, 0.25) is 0 Å². The molecule has 6 nitrogen and oxygen atoms in total. The summed E-state index contributed by atoms with van der Waals surface area (Å²) in [4.78, 5) is 20.8. The number of guanidine groups is 1. The number of nitrogens with one attached hydrogen (secondary N) is 1. The fraction of sp³-hybridized carbons (Fsp3) is 0.882. The Balaban J connectivity index is 1.79. The molecule has 132 valence electrons. The summed E-state index contributed by atoms with van der Waals surface area (Å²) in [7, 11) is 6.14. The van der Waals surface area contributed by atoms with Gasteiger partial charge in [0.2, 0.25) is 0 Å². The van der Waals surface area contributed by atoms with Crippen molar-refractivity contribution in [3.05, 3.63) is 0 Å². The van der Waals surface area contributed by atoms with E-state index in [0.717, 1.165) is 44.4 Å². The van der Waals surface area contributed by atoms with E-state index in [-0.39, 0.29) is 11.9 Å². The number of likely N-dealkylation sites (tertiary alicyclic amines) is 1. The van der Waals surface area contributed by atoms with Crippen molar-refractivity contribution in [2.75, 3.05) is 47.4 Å². The summed E-state index contributed by atoms with van der Waals surface area (Å²) in [5, 5.41) is 3.53. The normalized spacial score (nSPS) is 21.4. The second-order valence-electron chi connectivity index (χ2n) is 6.81. The number of carbonyl (C=O) groups excluding carboxylic acids is 1. The van der Waals surface area contributed by atoms with Crippen LogP contribution in [0.4, 0.5) is 0 Å². The monoisotopic (exact) mass is 324 g/mol. The molecule has 1 heterocycles. The van der Waals surface area contributed by atoms with Gasteiger partial charge in [0.1, 0.15) is 0 Å². The van der Waals surface area contributed by atoms with Crippen LogP contribution in [0.3, 0.4) is 0 Å². The molecule has 0 bridgehead atoms. The maximum Gasteiger partial charge on any atom is 0.309 e. The fourth-order valence-electron chi connectivity index (χ4n) is 3.37. The summed E-state index contributed by atoms with van der Waals surface area (Å²) in [6.07, 6.45) is 4.38. The first kappa shape index (κ1) is 18.0. The standard InChI is InChI=1S/C17H32N4O2/c1-5-23-16(22)14-8-10-21(11-9-14)17(18-2)19-12-15(20(3)4)13-6-7-13/h13-15H,5-12H2,1-4H3,(H,18,19). The lowest BCUT2D eigenvalue weighted by Crippen LogP contribution is -2.50. The van der Waals surface area contributed by atoms with E-state index in [2.05, 4.69) is 34.2 Å². The van der Waals surface area contributed by atoms with E-state index in [9.17, 15) is 4.79 Å². The zero-order chi connectivity index (χ0) is 16.8. The minimum Gasteiger partial charge on any atom is -0.466 e. The van der Waals surface area contributed by atoms with Crippen molar-refractivity contribution in [2.45, 2.75) is 38.6 Å². The topological polar surface area (TPSA) is 57.2 Å². The summed E-state index contributed by atoms with van der Waals surface area (Å²) >= 11 is 0. The number of ether oxygens (including phenoxy) is 1. The molecule has 0 aromatic heterocycles. The highest BCUT2D eigenvalue weighted by atomic mass is 16.5.